The lowest BCUT2D eigenvalue weighted by Crippen LogP contribution is -2.43. The number of fused-ring (bicyclic) bond motifs is 1. The zero-order chi connectivity index (χ0) is 22.5. The normalized spacial score (nSPS) is 24.7. The molecule has 2 saturated heterocycles. The average molecular weight is 487 g/mol. The van der Waals surface area contributed by atoms with Crippen LogP contribution < -0.4 is 0 Å². The maximum Gasteiger partial charge on any atom is 0.290 e. The first kappa shape index (κ1) is 24.8. The number of carbonyl (C=O) groups is 2. The largest absolute Gasteiger partial charge is 0.455 e. The van der Waals surface area contributed by atoms with Gasteiger partial charge in [-0.1, -0.05) is 13.8 Å². The predicted octanol–water partition coefficient (Wildman–Crippen LogP) is 1.23. The van der Waals surface area contributed by atoms with Crippen LogP contribution in [-0.4, -0.2) is 91.3 Å². The van der Waals surface area contributed by atoms with Gasteiger partial charge in [-0.15, -0.1) is 12.4 Å². The van der Waals surface area contributed by atoms with E-state index in [0.717, 1.165) is 42.5 Å². The number of hydrogen-bond donors (Lipinski definition) is 0. The number of furan rings is 1. The third-order valence-corrected chi connectivity index (χ3v) is 7.41. The van der Waals surface area contributed by atoms with Gasteiger partial charge in [-0.05, 0) is 31.2 Å². The zero-order valence-corrected chi connectivity index (χ0v) is 20.5. The van der Waals surface area contributed by atoms with Crippen LogP contribution in [0, 0.1) is 11.8 Å². The molecule has 3 aliphatic rings. The Morgan fingerprint density at radius 3 is 2.44 bits per heavy atom. The molecular formula is C21H31ClN4O5S. The fourth-order valence-electron chi connectivity index (χ4n) is 4.72. The lowest BCUT2D eigenvalue weighted by molar-refractivity contribution is -0.128. The number of carbonyl (C=O) groups excluding carboxylic acids is 2. The predicted molar refractivity (Wildman–Crippen MR) is 122 cm³/mol. The maximum absolute atomic E-state index is 13.3. The Hall–Kier alpha value is -1.88. The Morgan fingerprint density at radius 2 is 1.84 bits per heavy atom. The third kappa shape index (κ3) is 4.46. The number of halogens is 1. The van der Waals surface area contributed by atoms with Gasteiger partial charge < -0.3 is 14.2 Å². The fraction of sp³-hybridized carbons (Fsp3) is 0.619. The molecule has 4 rings (SSSR count). The molecule has 2 fully saturated rings. The number of nitrogens with zero attached hydrogens (tertiary/aromatic N) is 4. The average Bonchev–Trinajstić information content (AvgIpc) is 3.36. The summed E-state index contributed by atoms with van der Waals surface area (Å²) < 4.78 is 31.2. The van der Waals surface area contributed by atoms with Crippen LogP contribution in [-0.2, 0) is 21.4 Å². The molecule has 11 heteroatoms. The van der Waals surface area contributed by atoms with E-state index in [1.165, 1.54) is 0 Å². The van der Waals surface area contributed by atoms with E-state index in [1.807, 2.05) is 19.9 Å². The number of hydrogen-bond acceptors (Lipinski definition) is 7. The van der Waals surface area contributed by atoms with E-state index < -0.39 is 27.9 Å². The Bertz CT molecular complexity index is 1010. The second-order valence-corrected chi connectivity index (χ2v) is 10.8. The minimum atomic E-state index is -3.76. The summed E-state index contributed by atoms with van der Waals surface area (Å²) in [5, 5.41) is 0. The topological polar surface area (TPSA) is 94.4 Å². The molecular weight excluding hydrogens is 456 g/mol. The zero-order valence-electron chi connectivity index (χ0n) is 18.9. The molecule has 9 nitrogen and oxygen atoms in total. The monoisotopic (exact) mass is 486 g/mol. The summed E-state index contributed by atoms with van der Waals surface area (Å²) in [6.07, 6.45) is 2.69. The van der Waals surface area contributed by atoms with Crippen molar-refractivity contribution in [3.05, 3.63) is 35.4 Å². The second kappa shape index (κ2) is 9.17. The smallest absolute Gasteiger partial charge is 0.290 e. The standard InChI is InChI=1S/C21H30N4O5S.ClH/c1-14(2)18-19-16(25(21(18)27)31(4,28)29)7-8-24(19)20(26)17-6-5-15(30-17)13-23-11-9-22(3)10-12-23;/h5-7,14,18-19H,8-13H2,1-4H3;1H/t18-,19+;/m1./s1. The summed E-state index contributed by atoms with van der Waals surface area (Å²) in [5.41, 5.74) is 0.378. The number of piperazine rings is 1. The molecule has 3 aliphatic heterocycles. The van der Waals surface area contributed by atoms with Gasteiger partial charge >= 0.3 is 0 Å². The molecule has 0 aromatic carbocycles. The Balaban J connectivity index is 0.00000289. The number of likely N-dealkylation sites (N-methyl/N-ethyl adjacent to an activating group) is 1. The SMILES string of the molecule is CC(C)[C@H]1C(=O)N(S(C)(=O)=O)C2=CCN(C(=O)c3ccc(CN4CCN(C)CC4)o3)[C@@H]21.Cl. The minimum Gasteiger partial charge on any atom is -0.455 e. The molecule has 2 atom stereocenters. The first-order valence-corrected chi connectivity index (χ1v) is 12.5. The fourth-order valence-corrected chi connectivity index (χ4v) is 5.74. The first-order valence-electron chi connectivity index (χ1n) is 10.6. The van der Waals surface area contributed by atoms with Gasteiger partial charge in [-0.25, -0.2) is 12.7 Å². The molecule has 0 N–H and O–H groups in total. The molecule has 0 radical (unpaired) electrons. The molecule has 0 bridgehead atoms. The van der Waals surface area contributed by atoms with Crippen molar-refractivity contribution in [2.45, 2.75) is 26.4 Å². The van der Waals surface area contributed by atoms with Crippen LogP contribution in [0.1, 0.15) is 30.2 Å². The van der Waals surface area contributed by atoms with Crippen LogP contribution in [0.5, 0.6) is 0 Å². The van der Waals surface area contributed by atoms with E-state index in [2.05, 4.69) is 16.8 Å². The van der Waals surface area contributed by atoms with Crippen molar-refractivity contribution in [1.29, 1.82) is 0 Å². The van der Waals surface area contributed by atoms with Crippen molar-refractivity contribution in [2.24, 2.45) is 11.8 Å². The highest BCUT2D eigenvalue weighted by Gasteiger charge is 2.55. The highest BCUT2D eigenvalue weighted by molar-refractivity contribution is 7.89. The van der Waals surface area contributed by atoms with E-state index in [9.17, 15) is 18.0 Å². The van der Waals surface area contributed by atoms with Crippen molar-refractivity contribution in [1.82, 2.24) is 19.0 Å². The van der Waals surface area contributed by atoms with Crippen molar-refractivity contribution in [3.8, 4) is 0 Å². The molecule has 178 valence electrons. The molecule has 0 aliphatic carbocycles. The number of sulfonamides is 1. The highest BCUT2D eigenvalue weighted by atomic mass is 35.5. The molecule has 1 aromatic heterocycles. The summed E-state index contributed by atoms with van der Waals surface area (Å²) in [5.74, 6) is -0.582. The van der Waals surface area contributed by atoms with Gasteiger partial charge in [0.15, 0.2) is 5.76 Å². The Morgan fingerprint density at radius 1 is 1.19 bits per heavy atom. The van der Waals surface area contributed by atoms with Gasteiger partial charge in [-0.2, -0.15) is 0 Å². The summed E-state index contributed by atoms with van der Waals surface area (Å²) in [7, 11) is -1.66. The highest BCUT2D eigenvalue weighted by Crippen LogP contribution is 2.41. The van der Waals surface area contributed by atoms with Gasteiger partial charge in [0, 0.05) is 32.7 Å². The minimum absolute atomic E-state index is 0. The lowest BCUT2D eigenvalue weighted by Gasteiger charge is -2.31. The molecule has 0 unspecified atom stereocenters. The van der Waals surface area contributed by atoms with Gasteiger partial charge in [0.1, 0.15) is 5.76 Å². The van der Waals surface area contributed by atoms with Crippen molar-refractivity contribution < 1.29 is 22.4 Å². The van der Waals surface area contributed by atoms with E-state index in [-0.39, 0.29) is 36.5 Å². The number of rotatable bonds is 5. The first-order chi connectivity index (χ1) is 14.6. The quantitative estimate of drug-likeness (QED) is 0.617. The molecule has 0 saturated carbocycles. The molecule has 0 spiro atoms. The van der Waals surface area contributed by atoms with Gasteiger partial charge in [0.05, 0.1) is 30.5 Å². The van der Waals surface area contributed by atoms with Crippen molar-refractivity contribution >= 4 is 34.2 Å². The van der Waals surface area contributed by atoms with Crippen LogP contribution in [0.2, 0.25) is 0 Å². The van der Waals surface area contributed by atoms with Crippen LogP contribution in [0.25, 0.3) is 0 Å². The van der Waals surface area contributed by atoms with Gasteiger partial charge in [-0.3, -0.25) is 14.5 Å². The summed E-state index contributed by atoms with van der Waals surface area (Å²) in [4.78, 5) is 32.3. The van der Waals surface area contributed by atoms with E-state index in [1.54, 1.807) is 17.0 Å². The summed E-state index contributed by atoms with van der Waals surface area (Å²) in [6.45, 7) is 8.51. The molecule has 32 heavy (non-hydrogen) atoms. The maximum atomic E-state index is 13.3. The third-order valence-electron chi connectivity index (χ3n) is 6.35. The van der Waals surface area contributed by atoms with Crippen LogP contribution in [0.4, 0.5) is 0 Å². The molecule has 1 aromatic rings. The van der Waals surface area contributed by atoms with Gasteiger partial charge in [0.2, 0.25) is 15.9 Å². The van der Waals surface area contributed by atoms with E-state index in [0.29, 0.717) is 12.2 Å². The van der Waals surface area contributed by atoms with Crippen LogP contribution in [0.3, 0.4) is 0 Å². The van der Waals surface area contributed by atoms with Crippen LogP contribution in [0.15, 0.2) is 28.3 Å². The Kier molecular flexibility index (Phi) is 7.09. The molecule has 4 heterocycles. The number of amides is 2. The van der Waals surface area contributed by atoms with E-state index in [4.69, 9.17) is 4.42 Å². The Labute approximate surface area is 195 Å². The van der Waals surface area contributed by atoms with E-state index >= 15 is 0 Å². The van der Waals surface area contributed by atoms with Crippen LogP contribution >= 0.6 is 12.4 Å². The second-order valence-electron chi connectivity index (χ2n) is 9.01. The van der Waals surface area contributed by atoms with Crippen molar-refractivity contribution in [3.63, 3.8) is 0 Å². The van der Waals surface area contributed by atoms with Crippen molar-refractivity contribution in [2.75, 3.05) is 46.0 Å². The summed E-state index contributed by atoms with van der Waals surface area (Å²) >= 11 is 0. The molecule has 2 amide bonds. The summed E-state index contributed by atoms with van der Waals surface area (Å²) in [6, 6.07) is 2.89. The van der Waals surface area contributed by atoms with Gasteiger partial charge in [0.25, 0.3) is 5.91 Å². The lowest BCUT2D eigenvalue weighted by atomic mass is 9.89.